The number of benzene rings is 3. The molecule has 2 heterocycles. The van der Waals surface area contributed by atoms with Gasteiger partial charge in [-0.1, -0.05) is 82.9 Å². The number of aryl methyl sites for hydroxylation is 1. The standard InChI is InChI=1S/C46H61N7O6S/c1-31-42(60-30-49-31)33-18-16-32(17-19-33)26-48-27-36-25-37(54)28-53(36)45(58)43(46(2,3)4)52-40(55)15-9-7-5-6-8-12-24-59-29-41(56)50-35-22-20-34(21-23-35)44(57)51-39-14-11-10-13-38(39)47/h10-11,13-14,16-23,30,36-37,43,48,54H,5-9,12,15,24-29,47H2,1-4H3,(H,50,56)(H,51,57)(H,52,55)/t36-,37+,43+/m0/s1. The van der Waals surface area contributed by atoms with Gasteiger partial charge in [-0.15, -0.1) is 11.3 Å². The number of hydrogen-bond donors (Lipinski definition) is 6. The number of para-hydroxylation sites is 2. The average Bonchev–Trinajstić information content (AvgIpc) is 3.82. The number of amides is 4. The Morgan fingerprint density at radius 2 is 1.62 bits per heavy atom. The molecular weight excluding hydrogens is 779 g/mol. The van der Waals surface area contributed by atoms with E-state index in [2.05, 4.69) is 50.5 Å². The summed E-state index contributed by atoms with van der Waals surface area (Å²) < 4.78 is 5.56. The third kappa shape index (κ3) is 14.0. The molecule has 1 aliphatic rings. The lowest BCUT2D eigenvalue weighted by Crippen LogP contribution is -2.56. The Morgan fingerprint density at radius 1 is 0.917 bits per heavy atom. The maximum Gasteiger partial charge on any atom is 0.255 e. The van der Waals surface area contributed by atoms with Gasteiger partial charge in [-0.05, 0) is 79.1 Å². The minimum atomic E-state index is -0.706. The molecule has 14 heteroatoms. The number of likely N-dealkylation sites (tertiary alicyclic amines) is 1. The van der Waals surface area contributed by atoms with Crippen molar-refractivity contribution in [3.63, 3.8) is 0 Å². The second kappa shape index (κ2) is 22.5. The lowest BCUT2D eigenvalue weighted by molar-refractivity contribution is -0.140. The molecule has 0 bridgehead atoms. The Bertz CT molecular complexity index is 2010. The molecule has 0 saturated carbocycles. The summed E-state index contributed by atoms with van der Waals surface area (Å²) in [4.78, 5) is 59.2. The van der Waals surface area contributed by atoms with Gasteiger partial charge in [0.2, 0.25) is 17.7 Å². The van der Waals surface area contributed by atoms with Crippen molar-refractivity contribution in [1.82, 2.24) is 20.5 Å². The number of hydrogen-bond acceptors (Lipinski definition) is 10. The molecule has 13 nitrogen and oxygen atoms in total. The van der Waals surface area contributed by atoms with Gasteiger partial charge < -0.3 is 41.7 Å². The number of nitrogens with two attached hydrogens (primary N) is 1. The van der Waals surface area contributed by atoms with Crippen LogP contribution in [0.15, 0.2) is 78.3 Å². The highest BCUT2D eigenvalue weighted by atomic mass is 32.1. The molecular formula is C46H61N7O6S. The van der Waals surface area contributed by atoms with E-state index in [-0.39, 0.29) is 42.8 Å². The highest BCUT2D eigenvalue weighted by Gasteiger charge is 2.41. The van der Waals surface area contributed by atoms with E-state index in [9.17, 15) is 24.3 Å². The number of thiazole rings is 1. The summed E-state index contributed by atoms with van der Waals surface area (Å²) >= 11 is 1.63. The molecule has 1 fully saturated rings. The van der Waals surface area contributed by atoms with Crippen LogP contribution < -0.4 is 27.0 Å². The smallest absolute Gasteiger partial charge is 0.255 e. The van der Waals surface area contributed by atoms with Crippen LogP contribution in [0, 0.1) is 12.3 Å². The number of unbranched alkanes of at least 4 members (excludes halogenated alkanes) is 5. The molecule has 0 radical (unpaired) electrons. The van der Waals surface area contributed by atoms with Gasteiger partial charge in [-0.2, -0.15) is 0 Å². The summed E-state index contributed by atoms with van der Waals surface area (Å²) in [6, 6.07) is 21.1. The number of nitrogen functional groups attached to an aromatic ring is 1. The summed E-state index contributed by atoms with van der Waals surface area (Å²) in [6.45, 7) is 9.69. The fraction of sp³-hybridized carbons (Fsp3) is 0.457. The number of rotatable bonds is 21. The van der Waals surface area contributed by atoms with E-state index in [0.717, 1.165) is 55.3 Å². The Morgan fingerprint density at radius 3 is 2.30 bits per heavy atom. The van der Waals surface area contributed by atoms with Crippen molar-refractivity contribution in [3.8, 4) is 10.4 Å². The molecule has 1 saturated heterocycles. The Kier molecular flexibility index (Phi) is 17.2. The van der Waals surface area contributed by atoms with Gasteiger partial charge in [0.25, 0.3) is 5.91 Å². The van der Waals surface area contributed by atoms with E-state index in [1.165, 1.54) is 4.88 Å². The number of aliphatic hydroxyl groups is 1. The summed E-state index contributed by atoms with van der Waals surface area (Å²) in [7, 11) is 0. The van der Waals surface area contributed by atoms with Gasteiger partial charge in [0, 0.05) is 50.0 Å². The zero-order valence-corrected chi connectivity index (χ0v) is 36.1. The SMILES string of the molecule is Cc1ncsc1-c1ccc(CNC[C@@H]2C[C@@H](O)CN2C(=O)[C@@H](NC(=O)CCCCCCCCOCC(=O)Nc2ccc(C(=O)Nc3ccccc3N)cc2)C(C)(C)C)cc1. The minimum absolute atomic E-state index is 0.0668. The van der Waals surface area contributed by atoms with E-state index in [1.807, 2.05) is 33.2 Å². The zero-order valence-electron chi connectivity index (χ0n) is 35.3. The molecule has 7 N–H and O–H groups in total. The summed E-state index contributed by atoms with van der Waals surface area (Å²) in [5, 5.41) is 22.6. The zero-order chi connectivity index (χ0) is 43.1. The van der Waals surface area contributed by atoms with E-state index in [0.29, 0.717) is 55.2 Å². The van der Waals surface area contributed by atoms with E-state index >= 15 is 0 Å². The van der Waals surface area contributed by atoms with Crippen LogP contribution in [0.5, 0.6) is 0 Å². The van der Waals surface area contributed by atoms with Crippen molar-refractivity contribution >= 4 is 52.0 Å². The summed E-state index contributed by atoms with van der Waals surface area (Å²) in [6.07, 6.45) is 5.56. The predicted octanol–water partition coefficient (Wildman–Crippen LogP) is 6.92. The fourth-order valence-corrected chi connectivity index (χ4v) is 8.02. The van der Waals surface area contributed by atoms with Gasteiger partial charge in [0.15, 0.2) is 0 Å². The predicted molar refractivity (Wildman–Crippen MR) is 239 cm³/mol. The van der Waals surface area contributed by atoms with Crippen LogP contribution in [0.2, 0.25) is 0 Å². The Hall–Kier alpha value is -5.15. The molecule has 0 spiro atoms. The summed E-state index contributed by atoms with van der Waals surface area (Å²) in [5.41, 5.74) is 12.6. The van der Waals surface area contributed by atoms with Gasteiger partial charge in [0.05, 0.1) is 33.6 Å². The maximum absolute atomic E-state index is 13.9. The third-order valence-corrected chi connectivity index (χ3v) is 11.6. The van der Waals surface area contributed by atoms with Crippen LogP contribution in [-0.4, -0.2) is 83.1 Å². The number of aliphatic hydroxyl groups excluding tert-OH is 1. The van der Waals surface area contributed by atoms with Gasteiger partial charge >= 0.3 is 0 Å². The molecule has 1 aromatic heterocycles. The second-order valence-corrected chi connectivity index (χ2v) is 17.4. The normalized spacial score (nSPS) is 15.7. The first-order chi connectivity index (χ1) is 28.8. The number of carbonyl (C=O) groups excluding carboxylic acids is 4. The molecule has 5 rings (SSSR count). The molecule has 3 atom stereocenters. The molecule has 0 aliphatic carbocycles. The molecule has 60 heavy (non-hydrogen) atoms. The first-order valence-corrected chi connectivity index (χ1v) is 21.8. The number of anilines is 3. The monoisotopic (exact) mass is 839 g/mol. The van der Waals surface area contributed by atoms with Gasteiger partial charge in [-0.3, -0.25) is 19.2 Å². The quantitative estimate of drug-likeness (QED) is 0.0383. The average molecular weight is 840 g/mol. The summed E-state index contributed by atoms with van der Waals surface area (Å²) in [5.74, 6) is -0.873. The molecule has 3 aromatic carbocycles. The Balaban J connectivity index is 0.927. The van der Waals surface area contributed by atoms with Crippen LogP contribution in [0.25, 0.3) is 10.4 Å². The van der Waals surface area contributed by atoms with Crippen LogP contribution in [-0.2, 0) is 25.7 Å². The number of ether oxygens (including phenoxy) is 1. The molecule has 322 valence electrons. The molecule has 0 unspecified atom stereocenters. The van der Waals surface area contributed by atoms with E-state index in [1.54, 1.807) is 64.8 Å². The number of nitrogens with one attached hydrogen (secondary N) is 4. The topological polar surface area (TPSA) is 188 Å². The lowest BCUT2D eigenvalue weighted by atomic mass is 9.85. The first-order valence-electron chi connectivity index (χ1n) is 20.9. The number of carbonyl (C=O) groups is 4. The van der Waals surface area contributed by atoms with Crippen molar-refractivity contribution in [2.45, 2.75) is 104 Å². The highest BCUT2D eigenvalue weighted by Crippen LogP contribution is 2.28. The minimum Gasteiger partial charge on any atom is -0.397 e. The van der Waals surface area contributed by atoms with E-state index < -0.39 is 17.6 Å². The van der Waals surface area contributed by atoms with Crippen molar-refractivity contribution in [2.75, 3.05) is 42.7 Å². The van der Waals surface area contributed by atoms with E-state index in [4.69, 9.17) is 10.5 Å². The van der Waals surface area contributed by atoms with Crippen LogP contribution >= 0.6 is 11.3 Å². The number of aromatic nitrogens is 1. The third-order valence-electron chi connectivity index (χ3n) is 10.6. The molecule has 1 aliphatic heterocycles. The Labute approximate surface area is 357 Å². The van der Waals surface area contributed by atoms with Crippen molar-refractivity contribution < 1.29 is 29.0 Å². The van der Waals surface area contributed by atoms with Crippen LogP contribution in [0.1, 0.15) is 93.8 Å². The maximum atomic E-state index is 13.9. The lowest BCUT2D eigenvalue weighted by Gasteiger charge is -2.36. The van der Waals surface area contributed by atoms with Crippen LogP contribution in [0.4, 0.5) is 17.1 Å². The van der Waals surface area contributed by atoms with Crippen molar-refractivity contribution in [2.24, 2.45) is 5.41 Å². The fourth-order valence-electron chi connectivity index (χ4n) is 7.21. The first kappa shape index (κ1) is 45.9. The largest absolute Gasteiger partial charge is 0.397 e. The molecule has 4 aromatic rings. The highest BCUT2D eigenvalue weighted by molar-refractivity contribution is 7.13. The van der Waals surface area contributed by atoms with Gasteiger partial charge in [0.1, 0.15) is 12.6 Å². The van der Waals surface area contributed by atoms with Gasteiger partial charge in [-0.25, -0.2) is 4.98 Å². The second-order valence-electron chi connectivity index (χ2n) is 16.6. The van der Waals surface area contributed by atoms with Crippen LogP contribution in [0.3, 0.4) is 0 Å². The van der Waals surface area contributed by atoms with Crippen molar-refractivity contribution in [3.05, 3.63) is 95.1 Å². The van der Waals surface area contributed by atoms with Crippen molar-refractivity contribution in [1.29, 1.82) is 0 Å². The number of nitrogens with zero attached hydrogens (tertiary/aromatic N) is 2. The number of β-amino-alcohol motifs (C(OH)–C–C–N with tert-alkyl or cyclic N) is 1. The molecule has 4 amide bonds.